The van der Waals surface area contributed by atoms with Crippen molar-refractivity contribution in [2.45, 2.75) is 44.5 Å². The Labute approximate surface area is 194 Å². The maximum atomic E-state index is 13.2. The first-order valence-corrected chi connectivity index (χ1v) is 9.35. The zero-order valence-electron chi connectivity index (χ0n) is 16.9. The first-order chi connectivity index (χ1) is 14.0. The summed E-state index contributed by atoms with van der Waals surface area (Å²) in [4.78, 5) is 23.8. The monoisotopic (exact) mass is 497 g/mol. The molecule has 1 aliphatic heterocycles. The highest BCUT2D eigenvalue weighted by Gasteiger charge is 2.36. The number of aliphatic hydroxyl groups is 1. The summed E-state index contributed by atoms with van der Waals surface area (Å²) in [7, 11) is 0. The molecular weight excluding hydrogens is 474 g/mol. The Balaban J connectivity index is 0.00000256. The summed E-state index contributed by atoms with van der Waals surface area (Å²) in [5, 5.41) is 20.4. The van der Waals surface area contributed by atoms with Gasteiger partial charge in [0.15, 0.2) is 0 Å². The van der Waals surface area contributed by atoms with Crippen molar-refractivity contribution >= 4 is 42.4 Å². The van der Waals surface area contributed by atoms with E-state index in [9.17, 15) is 27.9 Å². The minimum Gasteiger partial charge on any atom is -0.481 e. The van der Waals surface area contributed by atoms with Crippen molar-refractivity contribution in [2.75, 3.05) is 0 Å². The van der Waals surface area contributed by atoms with E-state index in [4.69, 9.17) is 10.8 Å². The molecule has 0 spiro atoms. The third-order valence-electron chi connectivity index (χ3n) is 5.08. The zero-order chi connectivity index (χ0) is 22.2. The number of benzene rings is 1. The van der Waals surface area contributed by atoms with Gasteiger partial charge in [-0.05, 0) is 37.0 Å². The van der Waals surface area contributed by atoms with Crippen LogP contribution in [0.15, 0.2) is 41.6 Å². The second-order valence-corrected chi connectivity index (χ2v) is 7.59. The molecule has 178 valence electrons. The molecule has 3 atom stereocenters. The lowest BCUT2D eigenvalue weighted by molar-refractivity contribution is -0.141. The average molecular weight is 498 g/mol. The Morgan fingerprint density at radius 3 is 2.56 bits per heavy atom. The fourth-order valence-electron chi connectivity index (χ4n) is 3.64. The molecule has 0 radical (unpaired) electrons. The van der Waals surface area contributed by atoms with Crippen molar-refractivity contribution in [3.8, 4) is 0 Å². The van der Waals surface area contributed by atoms with Crippen molar-refractivity contribution in [1.82, 2.24) is 10.4 Å². The minimum atomic E-state index is -4.59. The van der Waals surface area contributed by atoms with E-state index in [0.29, 0.717) is 24.1 Å². The molecule has 0 saturated carbocycles. The van der Waals surface area contributed by atoms with E-state index in [1.165, 1.54) is 18.2 Å². The van der Waals surface area contributed by atoms with Gasteiger partial charge in [0.05, 0.1) is 29.8 Å². The van der Waals surface area contributed by atoms with Crippen molar-refractivity contribution in [2.24, 2.45) is 11.7 Å². The van der Waals surface area contributed by atoms with Crippen LogP contribution >= 0.6 is 24.8 Å². The Kier molecular flexibility index (Phi) is 9.17. The van der Waals surface area contributed by atoms with Crippen LogP contribution in [0.5, 0.6) is 0 Å². The largest absolute Gasteiger partial charge is 0.481 e. The van der Waals surface area contributed by atoms with Gasteiger partial charge in [-0.3, -0.25) is 15.0 Å². The molecule has 2 aliphatic rings. The number of carboxylic acids is 1. The molecule has 0 bridgehead atoms. The van der Waals surface area contributed by atoms with Crippen molar-refractivity contribution in [3.05, 3.63) is 52.7 Å². The number of rotatable bonds is 4. The van der Waals surface area contributed by atoms with Crippen LogP contribution in [0, 0.1) is 5.92 Å². The predicted molar refractivity (Wildman–Crippen MR) is 116 cm³/mol. The number of nitrogens with one attached hydrogen (secondary N) is 1. The third kappa shape index (κ3) is 5.94. The number of nitrogens with zero attached hydrogens (tertiary/aromatic N) is 1. The fraction of sp³-hybridized carbons (Fsp3) is 0.400. The van der Waals surface area contributed by atoms with Gasteiger partial charge in [0.1, 0.15) is 0 Å². The molecule has 0 aromatic heterocycles. The number of aliphatic hydroxyl groups excluding tert-OH is 1. The van der Waals surface area contributed by atoms with Crippen LogP contribution in [-0.2, 0) is 15.8 Å². The number of nitrogens with two attached hydrogens (primary N) is 1. The summed E-state index contributed by atoms with van der Waals surface area (Å²) in [5.74, 6) is -1.97. The maximum absolute atomic E-state index is 13.2. The number of aliphatic carboxylic acids is 1. The van der Waals surface area contributed by atoms with Gasteiger partial charge < -0.3 is 15.9 Å². The van der Waals surface area contributed by atoms with Crippen LogP contribution in [-0.4, -0.2) is 39.2 Å². The Morgan fingerprint density at radius 2 is 1.97 bits per heavy atom. The smallest absolute Gasteiger partial charge is 0.416 e. The van der Waals surface area contributed by atoms with Crippen LogP contribution in [0.1, 0.15) is 37.3 Å². The number of carbonyl (C=O) groups excluding carboxylic acids is 1. The van der Waals surface area contributed by atoms with Crippen LogP contribution in [0.4, 0.5) is 13.2 Å². The van der Waals surface area contributed by atoms with Crippen molar-refractivity contribution < 1.29 is 33.0 Å². The topological polar surface area (TPSA) is 116 Å². The number of carboxylic acid groups (broad SMARTS) is 1. The molecule has 12 heteroatoms. The molecule has 5 N–H and O–H groups in total. The minimum absolute atomic E-state index is 0. The van der Waals surface area contributed by atoms with E-state index in [-0.39, 0.29) is 42.0 Å². The standard InChI is InChI=1S/C20H22F3N3O4.2ClH/c1-10-5-15-13(17(27)6-10)8-16(11-3-2-4-12(7-11)20(21,22)23)26(25-15)19(30)14(24)9-18(28)29;;/h2-4,7-8,10,14,17,25,27H,5-6,9,24H2,1H3,(H,28,29);2*1H/t10?,14-,17?;;/m0../s1. The Morgan fingerprint density at radius 1 is 1.31 bits per heavy atom. The molecule has 32 heavy (non-hydrogen) atoms. The van der Waals surface area contributed by atoms with E-state index >= 15 is 0 Å². The van der Waals surface area contributed by atoms with Gasteiger partial charge in [-0.25, -0.2) is 5.01 Å². The fourth-order valence-corrected chi connectivity index (χ4v) is 3.64. The summed E-state index contributed by atoms with van der Waals surface area (Å²) >= 11 is 0. The molecule has 3 rings (SSSR count). The van der Waals surface area contributed by atoms with Crippen LogP contribution < -0.4 is 11.2 Å². The summed E-state index contributed by atoms with van der Waals surface area (Å²) in [5.41, 5.74) is 8.84. The lowest BCUT2D eigenvalue weighted by Crippen LogP contribution is -2.52. The first kappa shape index (κ1) is 27.8. The zero-order valence-corrected chi connectivity index (χ0v) is 18.6. The average Bonchev–Trinajstić information content (AvgIpc) is 2.65. The number of allylic oxidation sites excluding steroid dienone is 1. The van der Waals surface area contributed by atoms with Crippen LogP contribution in [0.3, 0.4) is 0 Å². The van der Waals surface area contributed by atoms with Crippen molar-refractivity contribution in [3.63, 3.8) is 0 Å². The molecule has 1 aromatic carbocycles. The van der Waals surface area contributed by atoms with E-state index < -0.39 is 42.2 Å². The van der Waals surface area contributed by atoms with Crippen LogP contribution in [0.2, 0.25) is 0 Å². The quantitative estimate of drug-likeness (QED) is 0.507. The first-order valence-electron chi connectivity index (χ1n) is 9.35. The van der Waals surface area contributed by atoms with Gasteiger partial charge in [0, 0.05) is 16.8 Å². The van der Waals surface area contributed by atoms with E-state index in [0.717, 1.165) is 17.1 Å². The van der Waals surface area contributed by atoms with Crippen molar-refractivity contribution in [1.29, 1.82) is 0 Å². The second-order valence-electron chi connectivity index (χ2n) is 7.59. The summed E-state index contributed by atoms with van der Waals surface area (Å²) < 4.78 is 39.6. The predicted octanol–water partition coefficient (Wildman–Crippen LogP) is 3.08. The maximum Gasteiger partial charge on any atom is 0.416 e. The van der Waals surface area contributed by atoms with E-state index in [2.05, 4.69) is 5.43 Å². The van der Waals surface area contributed by atoms with E-state index in [1.54, 1.807) is 0 Å². The second kappa shape index (κ2) is 10.6. The number of halogens is 5. The molecule has 1 heterocycles. The van der Waals surface area contributed by atoms with Crippen LogP contribution in [0.25, 0.3) is 5.70 Å². The lowest BCUT2D eigenvalue weighted by atomic mass is 9.84. The SMILES string of the molecule is CC1CC2=C(C=C(c3cccc(C(F)(F)F)c3)N(C(=O)[C@@H](N)CC(=O)O)N2)C(O)C1.Cl.Cl. The number of carbonyl (C=O) groups is 2. The third-order valence-corrected chi connectivity index (χ3v) is 5.08. The highest BCUT2D eigenvalue weighted by molar-refractivity contribution is 5.93. The highest BCUT2D eigenvalue weighted by atomic mass is 35.5. The normalized spacial score (nSPS) is 21.3. The van der Waals surface area contributed by atoms with E-state index in [1.807, 2.05) is 6.92 Å². The molecule has 2 unspecified atom stereocenters. The van der Waals surface area contributed by atoms with Gasteiger partial charge in [-0.15, -0.1) is 24.8 Å². The number of hydrogen-bond donors (Lipinski definition) is 4. The summed E-state index contributed by atoms with van der Waals surface area (Å²) in [6.07, 6.45) is -3.63. The number of hydrazine groups is 1. The molecule has 1 amide bonds. The Bertz CT molecular complexity index is 937. The lowest BCUT2D eigenvalue weighted by Gasteiger charge is -2.38. The molecule has 1 aromatic rings. The Hall–Kier alpha value is -2.27. The number of alkyl halides is 3. The molecule has 7 nitrogen and oxygen atoms in total. The summed E-state index contributed by atoms with van der Waals surface area (Å²) in [6, 6.07) is 3.00. The van der Waals surface area contributed by atoms with Gasteiger partial charge >= 0.3 is 12.1 Å². The molecular formula is C20H24Cl2F3N3O4. The van der Waals surface area contributed by atoms with Gasteiger partial charge in [0.25, 0.3) is 5.91 Å². The molecule has 1 aliphatic carbocycles. The van der Waals surface area contributed by atoms with Gasteiger partial charge in [0.2, 0.25) is 0 Å². The summed E-state index contributed by atoms with van der Waals surface area (Å²) in [6.45, 7) is 1.92. The number of hydrogen-bond acceptors (Lipinski definition) is 5. The molecule has 0 saturated heterocycles. The van der Waals surface area contributed by atoms with Gasteiger partial charge in [-0.1, -0.05) is 19.1 Å². The highest BCUT2D eigenvalue weighted by Crippen LogP contribution is 2.37. The molecule has 0 fully saturated rings. The van der Waals surface area contributed by atoms with Gasteiger partial charge in [-0.2, -0.15) is 13.2 Å². The number of amides is 1.